The van der Waals surface area contributed by atoms with Crippen LogP contribution in [0, 0.1) is 11.8 Å². The Bertz CT molecular complexity index is 1240. The number of nitrogens with one attached hydrogen (secondary N) is 1. The Hall–Kier alpha value is -2.58. The quantitative estimate of drug-likeness (QED) is 0.435. The lowest BCUT2D eigenvalue weighted by Gasteiger charge is -2.29. The molecule has 1 atom stereocenters. The maximum absolute atomic E-state index is 12.5. The average Bonchev–Trinajstić information content (AvgIpc) is 3.53. The first-order valence-electron chi connectivity index (χ1n) is 12.7. The van der Waals surface area contributed by atoms with Gasteiger partial charge in [0.2, 0.25) is 0 Å². The molecule has 2 aliphatic rings. The van der Waals surface area contributed by atoms with Crippen LogP contribution in [0.3, 0.4) is 0 Å². The van der Waals surface area contributed by atoms with Gasteiger partial charge in [0.15, 0.2) is 5.76 Å². The zero-order valence-electron chi connectivity index (χ0n) is 20.5. The first-order chi connectivity index (χ1) is 17.1. The fourth-order valence-electron chi connectivity index (χ4n) is 5.25. The molecule has 0 saturated heterocycles. The van der Waals surface area contributed by atoms with E-state index in [9.17, 15) is 4.79 Å². The number of methoxy groups -OCH3 is 1. The molecule has 4 heterocycles. The summed E-state index contributed by atoms with van der Waals surface area (Å²) in [5.74, 6) is 3.97. The zero-order valence-corrected chi connectivity index (χ0v) is 21.4. The van der Waals surface area contributed by atoms with Crippen LogP contribution in [0.2, 0.25) is 0 Å². The molecule has 0 aromatic carbocycles. The van der Waals surface area contributed by atoms with Gasteiger partial charge in [0.05, 0.1) is 30.0 Å². The van der Waals surface area contributed by atoms with E-state index in [-0.39, 0.29) is 5.56 Å². The molecule has 3 aromatic rings. The predicted octanol–water partition coefficient (Wildman–Crippen LogP) is 5.25. The Morgan fingerprint density at radius 2 is 2.09 bits per heavy atom. The number of rotatable bonds is 9. The van der Waals surface area contributed by atoms with Crippen LogP contribution < -0.4 is 15.6 Å². The number of aromatic nitrogens is 3. The summed E-state index contributed by atoms with van der Waals surface area (Å²) in [6, 6.07) is 7.93. The lowest BCUT2D eigenvalue weighted by atomic mass is 9.83. The van der Waals surface area contributed by atoms with Crippen LogP contribution in [0.5, 0.6) is 5.75 Å². The first kappa shape index (κ1) is 24.1. The van der Waals surface area contributed by atoms with Gasteiger partial charge in [0.1, 0.15) is 5.75 Å². The summed E-state index contributed by atoms with van der Waals surface area (Å²) in [4.78, 5) is 16.9. The fourth-order valence-corrected chi connectivity index (χ4v) is 6.35. The molecule has 5 rings (SSSR count). The number of hydrogen-bond acceptors (Lipinski definition) is 7. The molecule has 7 nitrogen and oxygen atoms in total. The van der Waals surface area contributed by atoms with Gasteiger partial charge in [-0.3, -0.25) is 9.78 Å². The number of fused-ring (bicyclic) bond motifs is 1. The molecular weight excluding hydrogens is 460 g/mol. The van der Waals surface area contributed by atoms with Crippen molar-refractivity contribution in [2.75, 3.05) is 12.9 Å². The SMILES string of the molecule is COc1cnc2ccc(=O)n(CCCC3CCC(NCc4cc(C5=CSCC5C)on4)CC3)c2c1. The van der Waals surface area contributed by atoms with Crippen LogP contribution in [-0.2, 0) is 13.1 Å². The molecule has 0 spiro atoms. The maximum Gasteiger partial charge on any atom is 0.251 e. The zero-order chi connectivity index (χ0) is 24.2. The van der Waals surface area contributed by atoms with Gasteiger partial charge in [0.25, 0.3) is 5.56 Å². The van der Waals surface area contributed by atoms with E-state index in [1.807, 2.05) is 22.4 Å². The van der Waals surface area contributed by atoms with Crippen molar-refractivity contribution >= 4 is 28.4 Å². The van der Waals surface area contributed by atoms with Crippen molar-refractivity contribution in [2.24, 2.45) is 11.8 Å². The van der Waals surface area contributed by atoms with Crippen molar-refractivity contribution in [3.8, 4) is 5.75 Å². The summed E-state index contributed by atoms with van der Waals surface area (Å²) in [5, 5.41) is 10.2. The Labute approximate surface area is 210 Å². The van der Waals surface area contributed by atoms with Crippen LogP contribution >= 0.6 is 11.8 Å². The minimum Gasteiger partial charge on any atom is -0.495 e. The monoisotopic (exact) mass is 494 g/mol. The van der Waals surface area contributed by atoms with Gasteiger partial charge in [0, 0.05) is 48.7 Å². The summed E-state index contributed by atoms with van der Waals surface area (Å²) in [6.07, 6.45) is 8.65. The van der Waals surface area contributed by atoms with Gasteiger partial charge in [-0.1, -0.05) is 12.1 Å². The van der Waals surface area contributed by atoms with Crippen LogP contribution in [0.4, 0.5) is 0 Å². The Morgan fingerprint density at radius 3 is 2.86 bits per heavy atom. The normalized spacial score (nSPS) is 22.5. The summed E-state index contributed by atoms with van der Waals surface area (Å²) in [5.41, 5.74) is 3.95. The summed E-state index contributed by atoms with van der Waals surface area (Å²) >= 11 is 1.85. The fraction of sp³-hybridized carbons (Fsp3) is 0.519. The van der Waals surface area contributed by atoms with E-state index in [1.54, 1.807) is 25.4 Å². The van der Waals surface area contributed by atoms with Crippen molar-refractivity contribution in [3.05, 3.63) is 57.7 Å². The first-order valence-corrected chi connectivity index (χ1v) is 13.7. The molecule has 0 amide bonds. The Balaban J connectivity index is 1.07. The third kappa shape index (κ3) is 5.64. The van der Waals surface area contributed by atoms with Gasteiger partial charge in [-0.2, -0.15) is 0 Å². The van der Waals surface area contributed by atoms with E-state index in [2.05, 4.69) is 33.9 Å². The number of allylic oxidation sites excluding steroid dienone is 1. The van der Waals surface area contributed by atoms with Crippen LogP contribution in [0.15, 0.2) is 45.2 Å². The molecule has 0 bridgehead atoms. The third-order valence-electron chi connectivity index (χ3n) is 7.39. The molecule has 1 fully saturated rings. The van der Waals surface area contributed by atoms with E-state index in [0.29, 0.717) is 24.3 Å². The van der Waals surface area contributed by atoms with Crippen molar-refractivity contribution in [1.29, 1.82) is 0 Å². The average molecular weight is 495 g/mol. The van der Waals surface area contributed by atoms with Gasteiger partial charge in [-0.05, 0) is 61.8 Å². The van der Waals surface area contributed by atoms with Crippen molar-refractivity contribution in [3.63, 3.8) is 0 Å². The molecule has 0 radical (unpaired) electrons. The number of hydrogen-bond donors (Lipinski definition) is 1. The van der Waals surface area contributed by atoms with E-state index in [4.69, 9.17) is 9.26 Å². The van der Waals surface area contributed by atoms with Crippen molar-refractivity contribution < 1.29 is 9.26 Å². The summed E-state index contributed by atoms with van der Waals surface area (Å²) in [7, 11) is 1.62. The van der Waals surface area contributed by atoms with E-state index >= 15 is 0 Å². The molecule has 1 aliphatic heterocycles. The lowest BCUT2D eigenvalue weighted by molar-refractivity contribution is 0.270. The predicted molar refractivity (Wildman–Crippen MR) is 140 cm³/mol. The highest BCUT2D eigenvalue weighted by molar-refractivity contribution is 8.02. The molecule has 8 heteroatoms. The maximum atomic E-state index is 12.5. The van der Waals surface area contributed by atoms with Crippen LogP contribution in [0.25, 0.3) is 16.6 Å². The Morgan fingerprint density at radius 1 is 1.23 bits per heavy atom. The molecule has 1 aliphatic carbocycles. The van der Waals surface area contributed by atoms with E-state index in [1.165, 1.54) is 31.3 Å². The van der Waals surface area contributed by atoms with E-state index < -0.39 is 0 Å². The van der Waals surface area contributed by atoms with Gasteiger partial charge >= 0.3 is 0 Å². The minimum atomic E-state index is 0.0221. The second-order valence-corrected chi connectivity index (χ2v) is 10.7. The summed E-state index contributed by atoms with van der Waals surface area (Å²) < 4.78 is 12.7. The highest BCUT2D eigenvalue weighted by Crippen LogP contribution is 2.35. The Kier molecular flexibility index (Phi) is 7.58. The molecule has 1 N–H and O–H groups in total. The third-order valence-corrected chi connectivity index (χ3v) is 8.51. The molecule has 1 unspecified atom stereocenters. The van der Waals surface area contributed by atoms with Gasteiger partial charge in [-0.25, -0.2) is 0 Å². The van der Waals surface area contributed by atoms with Crippen molar-refractivity contribution in [1.82, 2.24) is 20.0 Å². The lowest BCUT2D eigenvalue weighted by Crippen LogP contribution is -2.33. The van der Waals surface area contributed by atoms with Gasteiger partial charge in [-0.15, -0.1) is 11.8 Å². The number of ether oxygens (including phenoxy) is 1. The highest BCUT2D eigenvalue weighted by Gasteiger charge is 2.23. The van der Waals surface area contributed by atoms with Crippen LogP contribution in [0.1, 0.15) is 56.9 Å². The highest BCUT2D eigenvalue weighted by atomic mass is 32.2. The smallest absolute Gasteiger partial charge is 0.251 e. The molecule has 35 heavy (non-hydrogen) atoms. The molecule has 1 saturated carbocycles. The standard InChI is InChI=1S/C27H34N4O3S/c1-18-16-35-17-23(18)26-12-21(30-34-26)14-28-20-7-5-19(6-8-20)4-3-11-31-25-13-22(33-2)15-29-24(25)9-10-27(31)32/h9-10,12-13,15,17-20,28H,3-8,11,14,16H2,1-2H3. The number of thioether (sulfide) groups is 1. The van der Waals surface area contributed by atoms with E-state index in [0.717, 1.165) is 53.5 Å². The number of nitrogens with zero attached hydrogens (tertiary/aromatic N) is 3. The number of pyridine rings is 2. The molecule has 186 valence electrons. The second kappa shape index (κ2) is 11.0. The second-order valence-electron chi connectivity index (χ2n) is 9.83. The van der Waals surface area contributed by atoms with Crippen molar-refractivity contribution in [2.45, 2.75) is 64.6 Å². The van der Waals surface area contributed by atoms with Crippen LogP contribution in [-0.4, -0.2) is 33.6 Å². The number of aryl methyl sites for hydroxylation is 1. The summed E-state index contributed by atoms with van der Waals surface area (Å²) in [6.45, 7) is 3.71. The molecule has 3 aromatic heterocycles. The largest absolute Gasteiger partial charge is 0.495 e. The topological polar surface area (TPSA) is 82.2 Å². The minimum absolute atomic E-state index is 0.0221. The molecular formula is C27H34N4O3S. The van der Waals surface area contributed by atoms with Gasteiger partial charge < -0.3 is 19.1 Å².